The minimum Gasteiger partial charge on any atom is -0.340 e. The van der Waals surface area contributed by atoms with E-state index < -0.39 is 0 Å². The lowest BCUT2D eigenvalue weighted by atomic mass is 10.00. The zero-order valence-corrected chi connectivity index (χ0v) is 18.7. The largest absolute Gasteiger partial charge is 0.340 e. The highest BCUT2D eigenvalue weighted by Crippen LogP contribution is 2.40. The van der Waals surface area contributed by atoms with Gasteiger partial charge in [0, 0.05) is 59.3 Å². The summed E-state index contributed by atoms with van der Waals surface area (Å²) in [5.41, 5.74) is 8.64. The molecule has 2 aromatic heterocycles. The number of benzene rings is 3. The van der Waals surface area contributed by atoms with Crippen LogP contribution in [0.5, 0.6) is 0 Å². The van der Waals surface area contributed by atoms with Gasteiger partial charge >= 0.3 is 0 Å². The number of thiophene rings is 1. The summed E-state index contributed by atoms with van der Waals surface area (Å²) < 4.78 is 4.00. The summed E-state index contributed by atoms with van der Waals surface area (Å²) in [5.74, 6) is 0. The molecule has 2 nitrogen and oxygen atoms in total. The number of fused-ring (bicyclic) bond motifs is 5. The van der Waals surface area contributed by atoms with Gasteiger partial charge in [0.2, 0.25) is 0 Å². The van der Waals surface area contributed by atoms with Crippen molar-refractivity contribution in [1.29, 1.82) is 0 Å². The van der Waals surface area contributed by atoms with E-state index in [0.29, 0.717) is 0 Å². The number of nitrogens with zero attached hydrogens (tertiary/aromatic N) is 2. The van der Waals surface area contributed by atoms with Crippen LogP contribution in [-0.2, 0) is 26.1 Å². The van der Waals surface area contributed by atoms with Gasteiger partial charge in [0.15, 0.2) is 0 Å². The van der Waals surface area contributed by atoms with Gasteiger partial charge in [0.05, 0.1) is 0 Å². The molecule has 0 atom stereocenters. The fraction of sp³-hybridized carbons (Fsp3) is 0.214. The molecule has 5 aromatic rings. The quantitative estimate of drug-likeness (QED) is 0.310. The van der Waals surface area contributed by atoms with Gasteiger partial charge in [-0.25, -0.2) is 0 Å². The molecule has 1 aliphatic heterocycles. The normalized spacial score (nSPS) is 14.4. The molecule has 1 aliphatic rings. The molecular weight excluding hydrogens is 396 g/mol. The Morgan fingerprint density at radius 3 is 2.26 bits per heavy atom. The van der Waals surface area contributed by atoms with Crippen LogP contribution in [0.3, 0.4) is 0 Å². The summed E-state index contributed by atoms with van der Waals surface area (Å²) in [6, 6.07) is 26.5. The van der Waals surface area contributed by atoms with Crippen LogP contribution in [0.4, 0.5) is 0 Å². The lowest BCUT2D eigenvalue weighted by molar-refractivity contribution is 0.244. The molecule has 0 amide bonds. The topological polar surface area (TPSA) is 8.17 Å². The van der Waals surface area contributed by atoms with E-state index in [2.05, 4.69) is 94.6 Å². The Balaban J connectivity index is 1.50. The third-order valence-electron chi connectivity index (χ3n) is 6.65. The average molecular weight is 423 g/mol. The van der Waals surface area contributed by atoms with Crippen molar-refractivity contribution in [2.75, 3.05) is 6.54 Å². The predicted octanol–water partition coefficient (Wildman–Crippen LogP) is 6.77. The SMILES string of the molecule is Cc1csc2ccc3c(c4c(n3Cc3ccccc3)CCN(Cc3ccccc3)C4)c12. The summed E-state index contributed by atoms with van der Waals surface area (Å²) in [6.45, 7) is 6.36. The number of aromatic nitrogens is 1. The maximum atomic E-state index is 2.62. The second kappa shape index (κ2) is 7.67. The van der Waals surface area contributed by atoms with E-state index in [1.54, 1.807) is 5.56 Å². The molecule has 0 bridgehead atoms. The lowest BCUT2D eigenvalue weighted by Crippen LogP contribution is -2.30. The molecule has 0 saturated carbocycles. The molecule has 154 valence electrons. The van der Waals surface area contributed by atoms with E-state index in [1.165, 1.54) is 43.4 Å². The van der Waals surface area contributed by atoms with Crippen LogP contribution >= 0.6 is 11.3 Å². The van der Waals surface area contributed by atoms with Crippen molar-refractivity contribution in [3.8, 4) is 0 Å². The van der Waals surface area contributed by atoms with E-state index in [-0.39, 0.29) is 0 Å². The number of hydrogen-bond acceptors (Lipinski definition) is 2. The zero-order chi connectivity index (χ0) is 20.8. The van der Waals surface area contributed by atoms with Crippen LogP contribution in [0.2, 0.25) is 0 Å². The first kappa shape index (κ1) is 18.9. The van der Waals surface area contributed by atoms with Crippen molar-refractivity contribution in [3.05, 3.63) is 106 Å². The molecule has 0 radical (unpaired) electrons. The van der Waals surface area contributed by atoms with Crippen LogP contribution in [0.1, 0.15) is 27.9 Å². The monoisotopic (exact) mass is 422 g/mol. The first-order valence-electron chi connectivity index (χ1n) is 11.1. The maximum absolute atomic E-state index is 2.62. The van der Waals surface area contributed by atoms with Crippen molar-refractivity contribution in [3.63, 3.8) is 0 Å². The highest BCUT2D eigenvalue weighted by atomic mass is 32.1. The van der Waals surface area contributed by atoms with Crippen molar-refractivity contribution in [2.45, 2.75) is 33.0 Å². The molecule has 0 N–H and O–H groups in total. The smallest absolute Gasteiger partial charge is 0.0496 e. The molecule has 3 aromatic carbocycles. The second-order valence-corrected chi connectivity index (χ2v) is 9.61. The Labute approximate surface area is 187 Å². The minimum atomic E-state index is 0.944. The Morgan fingerprint density at radius 2 is 1.52 bits per heavy atom. The minimum absolute atomic E-state index is 0.944. The van der Waals surface area contributed by atoms with Crippen LogP contribution in [0, 0.1) is 6.92 Å². The molecule has 0 aliphatic carbocycles. The molecule has 3 heteroatoms. The lowest BCUT2D eigenvalue weighted by Gasteiger charge is -2.28. The molecule has 0 saturated heterocycles. The van der Waals surface area contributed by atoms with Gasteiger partial charge in [0.25, 0.3) is 0 Å². The highest BCUT2D eigenvalue weighted by molar-refractivity contribution is 7.17. The summed E-state index contributed by atoms with van der Waals surface area (Å²) >= 11 is 1.87. The van der Waals surface area contributed by atoms with Crippen molar-refractivity contribution in [2.24, 2.45) is 0 Å². The summed E-state index contributed by atoms with van der Waals surface area (Å²) in [5, 5.41) is 5.27. The van der Waals surface area contributed by atoms with Gasteiger partial charge in [-0.05, 0) is 46.7 Å². The van der Waals surface area contributed by atoms with Crippen LogP contribution in [-0.4, -0.2) is 16.0 Å². The van der Waals surface area contributed by atoms with Gasteiger partial charge in [-0.3, -0.25) is 4.90 Å². The molecule has 0 fully saturated rings. The maximum Gasteiger partial charge on any atom is 0.0496 e. The standard InChI is InChI=1S/C28H26N2S/c1-20-19-31-26-13-12-25-28(27(20)26)23-18-29(16-21-8-4-2-5-9-21)15-14-24(23)30(25)17-22-10-6-3-7-11-22/h2-13,19H,14-18H2,1H3. The summed E-state index contributed by atoms with van der Waals surface area (Å²) in [6.07, 6.45) is 1.11. The molecule has 0 spiro atoms. The Bertz CT molecular complexity index is 1360. The van der Waals surface area contributed by atoms with E-state index in [1.807, 2.05) is 11.3 Å². The van der Waals surface area contributed by atoms with Crippen molar-refractivity contribution < 1.29 is 0 Å². The molecular formula is C28H26N2S. The molecule has 3 heterocycles. The molecule has 6 rings (SSSR count). The number of hydrogen-bond donors (Lipinski definition) is 0. The second-order valence-electron chi connectivity index (χ2n) is 8.69. The number of aryl methyl sites for hydroxylation is 1. The Morgan fingerprint density at radius 1 is 0.806 bits per heavy atom. The van der Waals surface area contributed by atoms with Crippen molar-refractivity contribution in [1.82, 2.24) is 9.47 Å². The summed E-state index contributed by atoms with van der Waals surface area (Å²) in [4.78, 5) is 2.62. The summed E-state index contributed by atoms with van der Waals surface area (Å²) in [7, 11) is 0. The first-order valence-corrected chi connectivity index (χ1v) is 12.0. The highest BCUT2D eigenvalue weighted by Gasteiger charge is 2.26. The van der Waals surface area contributed by atoms with Gasteiger partial charge in [0.1, 0.15) is 0 Å². The van der Waals surface area contributed by atoms with Crippen LogP contribution in [0.25, 0.3) is 21.0 Å². The Kier molecular flexibility index (Phi) is 4.66. The van der Waals surface area contributed by atoms with Gasteiger partial charge in [-0.15, -0.1) is 11.3 Å². The van der Waals surface area contributed by atoms with Gasteiger partial charge in [-0.1, -0.05) is 60.7 Å². The van der Waals surface area contributed by atoms with Crippen molar-refractivity contribution >= 4 is 32.3 Å². The fourth-order valence-electron chi connectivity index (χ4n) is 5.20. The average Bonchev–Trinajstić information content (AvgIpc) is 3.33. The third-order valence-corrected chi connectivity index (χ3v) is 7.71. The molecule has 0 unspecified atom stereocenters. The van der Waals surface area contributed by atoms with Gasteiger partial charge in [-0.2, -0.15) is 0 Å². The van der Waals surface area contributed by atoms with E-state index in [9.17, 15) is 0 Å². The number of rotatable bonds is 4. The van der Waals surface area contributed by atoms with E-state index in [0.717, 1.165) is 32.6 Å². The van der Waals surface area contributed by atoms with Gasteiger partial charge < -0.3 is 4.57 Å². The first-order chi connectivity index (χ1) is 15.3. The Hall–Kier alpha value is -2.88. The zero-order valence-electron chi connectivity index (χ0n) is 17.8. The predicted molar refractivity (Wildman–Crippen MR) is 132 cm³/mol. The van der Waals surface area contributed by atoms with E-state index in [4.69, 9.17) is 0 Å². The van der Waals surface area contributed by atoms with Crippen LogP contribution in [0.15, 0.2) is 78.2 Å². The third kappa shape index (κ3) is 3.29. The molecule has 31 heavy (non-hydrogen) atoms. The van der Waals surface area contributed by atoms with Crippen LogP contribution < -0.4 is 0 Å². The van der Waals surface area contributed by atoms with E-state index >= 15 is 0 Å². The fourth-order valence-corrected chi connectivity index (χ4v) is 6.15.